The first-order valence-electron chi connectivity index (χ1n) is 8.12. The summed E-state index contributed by atoms with van der Waals surface area (Å²) in [6.45, 7) is 0.417. The van der Waals surface area contributed by atoms with Crippen LogP contribution in [0.4, 0.5) is 4.39 Å². The van der Waals surface area contributed by atoms with Crippen LogP contribution in [0.2, 0.25) is 0 Å². The number of aliphatic carboxylic acids is 1. The van der Waals surface area contributed by atoms with E-state index >= 15 is 0 Å². The predicted octanol–water partition coefficient (Wildman–Crippen LogP) is 3.90. The number of hydrogen-bond acceptors (Lipinski definition) is 3. The molecule has 0 amide bonds. The largest absolute Gasteiger partial charge is 0.507 e. The van der Waals surface area contributed by atoms with Crippen LogP contribution in [0.3, 0.4) is 0 Å². The maximum absolute atomic E-state index is 13.1. The number of aromatic nitrogens is 1. The number of nitrogens with zero attached hydrogens (tertiary/aromatic N) is 1. The van der Waals surface area contributed by atoms with Crippen molar-refractivity contribution in [3.63, 3.8) is 0 Å². The fraction of sp³-hybridized carbons (Fsp3) is 0.0476. The molecule has 0 saturated heterocycles. The van der Waals surface area contributed by atoms with Crippen LogP contribution in [0, 0.1) is 5.82 Å². The van der Waals surface area contributed by atoms with Crippen LogP contribution in [0.25, 0.3) is 16.9 Å². The lowest BCUT2D eigenvalue weighted by Gasteiger charge is -2.03. The molecule has 0 radical (unpaired) electrons. The molecule has 1 aromatic heterocycles. The Balaban J connectivity index is 2.02. The van der Waals surface area contributed by atoms with E-state index < -0.39 is 17.5 Å². The van der Waals surface area contributed by atoms with Gasteiger partial charge in [-0.05, 0) is 23.3 Å². The lowest BCUT2D eigenvalue weighted by Crippen LogP contribution is -2.09. The highest BCUT2D eigenvalue weighted by atomic mass is 19.1. The average Bonchev–Trinajstić information content (AvgIpc) is 3.08. The summed E-state index contributed by atoms with van der Waals surface area (Å²) in [5.41, 5.74) is 2.62. The Bertz CT molecular complexity index is 1000. The summed E-state index contributed by atoms with van der Waals surface area (Å²) in [7, 11) is 0. The number of carboxylic acid groups (broad SMARTS) is 1. The summed E-state index contributed by atoms with van der Waals surface area (Å²) < 4.78 is 14.9. The molecule has 136 valence electrons. The summed E-state index contributed by atoms with van der Waals surface area (Å²) in [5.74, 6) is -3.62. The molecule has 2 N–H and O–H groups in total. The number of rotatable bonds is 6. The van der Waals surface area contributed by atoms with E-state index in [-0.39, 0.29) is 5.82 Å². The van der Waals surface area contributed by atoms with Crippen molar-refractivity contribution in [2.24, 2.45) is 0 Å². The number of halogens is 1. The number of carboxylic acids is 1. The summed E-state index contributed by atoms with van der Waals surface area (Å²) in [6.07, 6.45) is 4.09. The van der Waals surface area contributed by atoms with Crippen LogP contribution in [-0.4, -0.2) is 26.5 Å². The molecule has 2 aromatic carbocycles. The summed E-state index contributed by atoms with van der Waals surface area (Å²) >= 11 is 0. The third kappa shape index (κ3) is 4.30. The Morgan fingerprint density at radius 2 is 1.63 bits per heavy atom. The maximum atomic E-state index is 13.1. The SMILES string of the molecule is O=C(O)C(=O)/C=C(\O)c1cn(Cc2ccc(F)cc2)cc1-c1ccccc1. The molecule has 27 heavy (non-hydrogen) atoms. The van der Waals surface area contributed by atoms with E-state index in [1.54, 1.807) is 29.1 Å². The van der Waals surface area contributed by atoms with Crippen LogP contribution >= 0.6 is 0 Å². The minimum Gasteiger partial charge on any atom is -0.507 e. The van der Waals surface area contributed by atoms with E-state index in [9.17, 15) is 19.1 Å². The molecule has 6 heteroatoms. The molecule has 0 unspecified atom stereocenters. The van der Waals surface area contributed by atoms with Crippen molar-refractivity contribution in [2.75, 3.05) is 0 Å². The van der Waals surface area contributed by atoms with Gasteiger partial charge in [-0.2, -0.15) is 0 Å². The molecule has 3 aromatic rings. The fourth-order valence-corrected chi connectivity index (χ4v) is 2.72. The Kier molecular flexibility index (Phi) is 5.17. The van der Waals surface area contributed by atoms with Gasteiger partial charge in [-0.25, -0.2) is 9.18 Å². The first kappa shape index (κ1) is 18.1. The predicted molar refractivity (Wildman–Crippen MR) is 98.6 cm³/mol. The molecule has 0 spiro atoms. The first-order chi connectivity index (χ1) is 12.9. The van der Waals surface area contributed by atoms with Crippen LogP contribution in [0.5, 0.6) is 0 Å². The van der Waals surface area contributed by atoms with Crippen molar-refractivity contribution >= 4 is 17.5 Å². The molecule has 0 aliphatic heterocycles. The highest BCUT2D eigenvalue weighted by Gasteiger charge is 2.16. The molecule has 3 rings (SSSR count). The molecule has 0 bridgehead atoms. The van der Waals surface area contributed by atoms with E-state index in [1.165, 1.54) is 12.1 Å². The van der Waals surface area contributed by atoms with Crippen molar-refractivity contribution in [2.45, 2.75) is 6.54 Å². The standard InChI is InChI=1S/C21H16FNO4/c22-16-8-6-14(7-9-16)11-23-12-17(15-4-2-1-3-5-15)18(13-23)19(24)10-20(25)21(26)27/h1-10,12-13,24H,11H2,(H,26,27)/b19-10-. The number of hydrogen-bond donors (Lipinski definition) is 2. The van der Waals surface area contributed by atoms with Gasteiger partial charge in [-0.1, -0.05) is 42.5 Å². The molecule has 0 saturated carbocycles. The van der Waals surface area contributed by atoms with Gasteiger partial charge in [0.2, 0.25) is 0 Å². The lowest BCUT2D eigenvalue weighted by atomic mass is 10.0. The number of carbonyl (C=O) groups excluding carboxylic acids is 1. The van der Waals surface area contributed by atoms with Gasteiger partial charge in [-0.15, -0.1) is 0 Å². The average molecular weight is 365 g/mol. The zero-order chi connectivity index (χ0) is 19.4. The third-order valence-corrected chi connectivity index (χ3v) is 4.00. The van der Waals surface area contributed by atoms with Crippen molar-refractivity contribution in [3.8, 4) is 11.1 Å². The number of ketones is 1. The fourth-order valence-electron chi connectivity index (χ4n) is 2.72. The summed E-state index contributed by atoms with van der Waals surface area (Å²) in [6, 6.07) is 15.2. The van der Waals surface area contributed by atoms with Crippen LogP contribution in [0.15, 0.2) is 73.1 Å². The van der Waals surface area contributed by atoms with E-state index in [2.05, 4.69) is 0 Å². The van der Waals surface area contributed by atoms with Crippen molar-refractivity contribution in [1.29, 1.82) is 0 Å². The van der Waals surface area contributed by atoms with Gasteiger partial charge < -0.3 is 14.8 Å². The number of benzene rings is 2. The minimum absolute atomic E-state index is 0.329. The molecule has 0 aliphatic carbocycles. The highest BCUT2D eigenvalue weighted by molar-refractivity contribution is 6.38. The van der Waals surface area contributed by atoms with Gasteiger partial charge in [0.25, 0.3) is 5.78 Å². The normalized spacial score (nSPS) is 11.4. The Morgan fingerprint density at radius 3 is 2.26 bits per heavy atom. The Morgan fingerprint density at radius 1 is 0.963 bits per heavy atom. The van der Waals surface area contributed by atoms with Crippen molar-refractivity contribution in [3.05, 3.63) is 90.0 Å². The first-order valence-corrected chi connectivity index (χ1v) is 8.12. The van der Waals surface area contributed by atoms with Crippen molar-refractivity contribution < 1.29 is 24.2 Å². The monoisotopic (exact) mass is 365 g/mol. The molecular weight excluding hydrogens is 349 g/mol. The van der Waals surface area contributed by atoms with Crippen molar-refractivity contribution in [1.82, 2.24) is 4.57 Å². The zero-order valence-electron chi connectivity index (χ0n) is 14.2. The van der Waals surface area contributed by atoms with Gasteiger partial charge in [0.05, 0.1) is 0 Å². The third-order valence-electron chi connectivity index (χ3n) is 4.00. The summed E-state index contributed by atoms with van der Waals surface area (Å²) in [4.78, 5) is 22.2. The Labute approximate surface area is 154 Å². The Hall–Kier alpha value is -3.67. The van der Waals surface area contributed by atoms with Gasteiger partial charge >= 0.3 is 5.97 Å². The minimum atomic E-state index is -1.64. The van der Waals surface area contributed by atoms with E-state index in [4.69, 9.17) is 5.11 Å². The lowest BCUT2D eigenvalue weighted by molar-refractivity contribution is -0.146. The van der Waals surface area contributed by atoms with Gasteiger partial charge in [0.15, 0.2) is 0 Å². The molecule has 0 fully saturated rings. The maximum Gasteiger partial charge on any atom is 0.376 e. The molecule has 1 heterocycles. The topological polar surface area (TPSA) is 79.5 Å². The van der Waals surface area contributed by atoms with Gasteiger partial charge in [0, 0.05) is 36.1 Å². The molecule has 0 atom stereocenters. The van der Waals surface area contributed by atoms with E-state index in [1.807, 2.05) is 30.3 Å². The van der Waals surface area contributed by atoms with E-state index in [0.717, 1.165) is 11.1 Å². The van der Waals surface area contributed by atoms with Crippen LogP contribution in [-0.2, 0) is 16.1 Å². The van der Waals surface area contributed by atoms with Crippen LogP contribution in [0.1, 0.15) is 11.1 Å². The number of carbonyl (C=O) groups is 2. The second-order valence-electron chi connectivity index (χ2n) is 5.95. The zero-order valence-corrected chi connectivity index (χ0v) is 14.2. The highest BCUT2D eigenvalue weighted by Crippen LogP contribution is 2.29. The molecular formula is C21H16FNO4. The second kappa shape index (κ2) is 7.70. The number of aliphatic hydroxyl groups is 1. The number of aliphatic hydroxyl groups excluding tert-OH is 1. The molecule has 5 nitrogen and oxygen atoms in total. The second-order valence-corrected chi connectivity index (χ2v) is 5.95. The van der Waals surface area contributed by atoms with Gasteiger partial charge in [-0.3, -0.25) is 4.79 Å². The quantitative estimate of drug-likeness (QED) is 0.394. The summed E-state index contributed by atoms with van der Waals surface area (Å²) in [5, 5.41) is 19.1. The smallest absolute Gasteiger partial charge is 0.376 e. The van der Waals surface area contributed by atoms with E-state index in [0.29, 0.717) is 23.7 Å². The van der Waals surface area contributed by atoms with Crippen LogP contribution < -0.4 is 0 Å². The van der Waals surface area contributed by atoms with Gasteiger partial charge in [0.1, 0.15) is 11.6 Å². The molecule has 0 aliphatic rings.